The quantitative estimate of drug-likeness (QED) is 0.423. The van der Waals surface area contributed by atoms with E-state index in [9.17, 15) is 26.3 Å². The highest BCUT2D eigenvalue weighted by Gasteiger charge is 2.72. The van der Waals surface area contributed by atoms with Crippen LogP contribution in [0.3, 0.4) is 0 Å². The van der Waals surface area contributed by atoms with Crippen molar-refractivity contribution in [2.45, 2.75) is 24.7 Å². The molecule has 0 bridgehead atoms. The Morgan fingerprint density at radius 1 is 0.864 bits per heavy atom. The molecule has 2 rings (SSSR count). The van der Waals surface area contributed by atoms with Gasteiger partial charge in [0, 0.05) is 0 Å². The number of allylic oxidation sites excluding steroid dienone is 3. The molecule has 0 N–H and O–H groups in total. The van der Waals surface area contributed by atoms with Gasteiger partial charge < -0.3 is 0 Å². The standard InChI is InChI=1S/C15H11F6I/c1-10-2-4-11(5-3-10)13(14(16,17)18,15(19,20)21)12-6-8-22-9-7-12/h2-9H,1H3. The lowest BCUT2D eigenvalue weighted by Crippen LogP contribution is -2.55. The summed E-state index contributed by atoms with van der Waals surface area (Å²) >= 11 is -0.626. The fraction of sp³-hybridized carbons (Fsp3) is 0.267. The summed E-state index contributed by atoms with van der Waals surface area (Å²) < 4.78 is 84.6. The molecule has 1 aromatic carbocycles. The average molecular weight is 432 g/mol. The van der Waals surface area contributed by atoms with E-state index < -0.39 is 49.6 Å². The van der Waals surface area contributed by atoms with Gasteiger partial charge in [0.05, 0.1) is 0 Å². The highest BCUT2D eigenvalue weighted by molar-refractivity contribution is 14.2. The number of halogens is 7. The molecule has 0 aromatic heterocycles. The molecule has 0 unspecified atom stereocenters. The SMILES string of the molecule is Cc1ccc(C(C2=CC=IC=C2)(C(F)(F)F)C(F)(F)F)cc1. The van der Waals surface area contributed by atoms with Gasteiger partial charge in [-0.3, -0.25) is 0 Å². The number of hydrogen-bond donors (Lipinski definition) is 0. The molecular formula is C15H11F6I. The van der Waals surface area contributed by atoms with Crippen LogP contribution >= 0.6 is 20.7 Å². The van der Waals surface area contributed by atoms with Gasteiger partial charge in [-0.2, -0.15) is 26.3 Å². The smallest absolute Gasteiger partial charge is 0.169 e. The molecule has 0 nitrogen and oxygen atoms in total. The zero-order valence-electron chi connectivity index (χ0n) is 11.3. The molecule has 1 aliphatic rings. The van der Waals surface area contributed by atoms with E-state index in [2.05, 4.69) is 0 Å². The number of aryl methyl sites for hydroxylation is 1. The first-order valence-electron chi connectivity index (χ1n) is 6.14. The number of hydrogen-bond acceptors (Lipinski definition) is 0. The lowest BCUT2D eigenvalue weighted by Gasteiger charge is -2.39. The normalized spacial score (nSPS) is 16.2. The second-order valence-electron chi connectivity index (χ2n) is 4.78. The minimum absolute atomic E-state index is 0.590. The van der Waals surface area contributed by atoms with E-state index in [1.54, 1.807) is 6.92 Å². The second kappa shape index (κ2) is 5.82. The van der Waals surface area contributed by atoms with Crippen molar-refractivity contribution < 1.29 is 26.3 Å². The van der Waals surface area contributed by atoms with E-state index in [-0.39, 0.29) is 0 Å². The number of alkyl halides is 6. The van der Waals surface area contributed by atoms with Crippen molar-refractivity contribution in [1.82, 2.24) is 0 Å². The fourth-order valence-electron chi connectivity index (χ4n) is 2.34. The highest BCUT2D eigenvalue weighted by Crippen LogP contribution is 2.57. The number of benzene rings is 1. The molecule has 0 radical (unpaired) electrons. The van der Waals surface area contributed by atoms with Gasteiger partial charge in [0.15, 0.2) is 0 Å². The zero-order valence-corrected chi connectivity index (χ0v) is 13.4. The van der Waals surface area contributed by atoms with Gasteiger partial charge in [0.1, 0.15) is 0 Å². The summed E-state index contributed by atoms with van der Waals surface area (Å²) in [6.45, 7) is 1.60. The summed E-state index contributed by atoms with van der Waals surface area (Å²) in [4.78, 5) is 0. The summed E-state index contributed by atoms with van der Waals surface area (Å²) in [6.07, 6.45) is -9.09. The van der Waals surface area contributed by atoms with Crippen LogP contribution in [-0.2, 0) is 5.41 Å². The first-order chi connectivity index (χ1) is 10.1. The molecule has 0 atom stereocenters. The van der Waals surface area contributed by atoms with Crippen molar-refractivity contribution in [3.8, 4) is 0 Å². The van der Waals surface area contributed by atoms with Crippen LogP contribution in [0.1, 0.15) is 11.1 Å². The minimum atomic E-state index is -5.50. The molecule has 22 heavy (non-hydrogen) atoms. The van der Waals surface area contributed by atoms with Crippen LogP contribution in [0, 0.1) is 6.92 Å². The summed E-state index contributed by atoms with van der Waals surface area (Å²) in [5, 5.41) is 0. The Kier molecular flexibility index (Phi) is 4.56. The predicted molar refractivity (Wildman–Crippen MR) is 82.3 cm³/mol. The molecule has 0 spiro atoms. The van der Waals surface area contributed by atoms with E-state index in [1.165, 1.54) is 20.2 Å². The van der Waals surface area contributed by atoms with Crippen LogP contribution in [0.5, 0.6) is 0 Å². The molecule has 1 aliphatic heterocycles. The maximum atomic E-state index is 13.6. The van der Waals surface area contributed by atoms with Crippen molar-refractivity contribution in [3.63, 3.8) is 0 Å². The van der Waals surface area contributed by atoms with Crippen LogP contribution in [-0.4, -0.2) is 16.4 Å². The summed E-state index contributed by atoms with van der Waals surface area (Å²) in [7, 11) is 0. The third-order valence-corrected chi connectivity index (χ3v) is 4.95. The molecule has 0 aliphatic carbocycles. The van der Waals surface area contributed by atoms with E-state index in [4.69, 9.17) is 0 Å². The second-order valence-corrected chi connectivity index (χ2v) is 6.94. The van der Waals surface area contributed by atoms with Crippen molar-refractivity contribution in [2.24, 2.45) is 0 Å². The molecule has 7 heteroatoms. The molecule has 1 heterocycles. The van der Waals surface area contributed by atoms with E-state index in [0.29, 0.717) is 5.56 Å². The topological polar surface area (TPSA) is 0 Å². The third kappa shape index (κ3) is 2.75. The van der Waals surface area contributed by atoms with Crippen molar-refractivity contribution in [1.29, 1.82) is 0 Å². The maximum Gasteiger partial charge on any atom is 0.411 e. The Labute approximate surface area is 133 Å². The van der Waals surface area contributed by atoms with Gasteiger partial charge in [-0.15, -0.1) is 0 Å². The van der Waals surface area contributed by atoms with E-state index in [1.807, 2.05) is 0 Å². The highest BCUT2D eigenvalue weighted by atomic mass is 127. The van der Waals surface area contributed by atoms with Crippen LogP contribution < -0.4 is 0 Å². The van der Waals surface area contributed by atoms with Gasteiger partial charge in [0.2, 0.25) is 5.41 Å². The Morgan fingerprint density at radius 2 is 1.41 bits per heavy atom. The largest absolute Gasteiger partial charge is 0.411 e. The first kappa shape index (κ1) is 17.2. The van der Waals surface area contributed by atoms with Crippen molar-refractivity contribution >= 4 is 24.7 Å². The average Bonchev–Trinajstić information content (AvgIpc) is 2.39. The maximum absolute atomic E-state index is 13.6. The summed E-state index contributed by atoms with van der Waals surface area (Å²) in [5.74, 6) is 0. The lowest BCUT2D eigenvalue weighted by atomic mass is 9.72. The molecular weight excluding hydrogens is 421 g/mol. The Morgan fingerprint density at radius 3 is 1.82 bits per heavy atom. The Bertz CT molecular complexity index is 617. The van der Waals surface area contributed by atoms with Gasteiger partial charge >= 0.3 is 12.4 Å². The minimum Gasteiger partial charge on any atom is -0.169 e. The number of rotatable bonds is 2. The van der Waals surface area contributed by atoms with Gasteiger partial charge in [-0.05, 0) is 26.2 Å². The fourth-order valence-corrected chi connectivity index (χ4v) is 3.77. The Hall–Kier alpha value is -1.12. The molecule has 0 saturated heterocycles. The predicted octanol–water partition coefficient (Wildman–Crippen LogP) is 5.58. The zero-order chi connectivity index (χ0) is 16.6. The van der Waals surface area contributed by atoms with Gasteiger partial charge in [-0.25, -0.2) is 0 Å². The van der Waals surface area contributed by atoms with Crippen LogP contribution in [0.2, 0.25) is 0 Å². The van der Waals surface area contributed by atoms with Crippen molar-refractivity contribution in [3.05, 3.63) is 57.2 Å². The van der Waals surface area contributed by atoms with E-state index in [0.717, 1.165) is 24.3 Å². The van der Waals surface area contributed by atoms with Crippen LogP contribution in [0.15, 0.2) is 46.1 Å². The molecule has 0 fully saturated rings. The Balaban J connectivity index is 2.83. The monoisotopic (exact) mass is 432 g/mol. The summed E-state index contributed by atoms with van der Waals surface area (Å²) in [5.41, 5.74) is -5.03. The molecule has 0 amide bonds. The van der Waals surface area contributed by atoms with Gasteiger partial charge in [0.25, 0.3) is 0 Å². The van der Waals surface area contributed by atoms with Crippen molar-refractivity contribution in [2.75, 3.05) is 0 Å². The first-order valence-corrected chi connectivity index (χ1v) is 8.63. The molecule has 120 valence electrons. The molecule has 1 aromatic rings. The molecule has 0 saturated carbocycles. The van der Waals surface area contributed by atoms with Crippen LogP contribution in [0.25, 0.3) is 0 Å². The lowest BCUT2D eigenvalue weighted by molar-refractivity contribution is -0.288. The summed E-state index contributed by atoms with van der Waals surface area (Å²) in [6, 6.07) is 4.31. The van der Waals surface area contributed by atoms with E-state index >= 15 is 0 Å². The van der Waals surface area contributed by atoms with Crippen LogP contribution in [0.4, 0.5) is 26.3 Å². The third-order valence-electron chi connectivity index (χ3n) is 3.40. The van der Waals surface area contributed by atoms with Gasteiger partial charge in [-0.1, -0.05) is 62.7 Å².